The van der Waals surface area contributed by atoms with Crippen molar-refractivity contribution in [1.29, 1.82) is 0 Å². The van der Waals surface area contributed by atoms with Crippen molar-refractivity contribution in [2.24, 2.45) is 0 Å². The van der Waals surface area contributed by atoms with Gasteiger partial charge in [0.15, 0.2) is 10.9 Å². The molecule has 0 amide bonds. The van der Waals surface area contributed by atoms with Crippen molar-refractivity contribution in [2.45, 2.75) is 31.8 Å². The Bertz CT molecular complexity index is 449. The van der Waals surface area contributed by atoms with E-state index in [-0.39, 0.29) is 23.6 Å². The molecule has 0 aliphatic rings. The maximum atomic E-state index is 11.9. The Kier molecular flexibility index (Phi) is 5.77. The Labute approximate surface area is 110 Å². The average Bonchev–Trinajstić information content (AvgIpc) is 2.38. The van der Waals surface area contributed by atoms with Gasteiger partial charge in [-0.1, -0.05) is 18.7 Å². The third kappa shape index (κ3) is 3.53. The molecule has 0 fully saturated rings. The van der Waals surface area contributed by atoms with Crippen LogP contribution in [0.2, 0.25) is 0 Å². The number of hydrogen-bond acceptors (Lipinski definition) is 6. The van der Waals surface area contributed by atoms with Gasteiger partial charge in [0.2, 0.25) is 0 Å². The first-order valence-electron chi connectivity index (χ1n) is 5.75. The highest BCUT2D eigenvalue weighted by molar-refractivity contribution is 7.98. The molecule has 0 unspecified atom stereocenters. The second kappa shape index (κ2) is 7.10. The molecule has 0 saturated heterocycles. The fraction of sp³-hybridized carbons (Fsp3) is 0.500. The van der Waals surface area contributed by atoms with Crippen molar-refractivity contribution in [2.75, 3.05) is 12.9 Å². The van der Waals surface area contributed by atoms with Gasteiger partial charge < -0.3 is 4.74 Å². The van der Waals surface area contributed by atoms with Crippen LogP contribution in [0.4, 0.5) is 0 Å². The molecule has 0 spiro atoms. The summed E-state index contributed by atoms with van der Waals surface area (Å²) in [4.78, 5) is 31.8. The fourth-order valence-corrected chi connectivity index (χ4v) is 1.72. The average molecular weight is 268 g/mol. The molecule has 0 radical (unpaired) electrons. The smallest absolute Gasteiger partial charge is 0.342 e. The zero-order valence-electron chi connectivity index (χ0n) is 10.7. The molecule has 98 valence electrons. The summed E-state index contributed by atoms with van der Waals surface area (Å²) in [5.41, 5.74) is 0.308. The van der Waals surface area contributed by atoms with Crippen LogP contribution in [0.5, 0.6) is 0 Å². The molecule has 1 aromatic rings. The molecule has 0 aliphatic carbocycles. The van der Waals surface area contributed by atoms with E-state index < -0.39 is 5.97 Å². The molecule has 18 heavy (non-hydrogen) atoms. The highest BCUT2D eigenvalue weighted by Gasteiger charge is 2.20. The summed E-state index contributed by atoms with van der Waals surface area (Å²) in [6.07, 6.45) is 4.24. The summed E-state index contributed by atoms with van der Waals surface area (Å²) in [7, 11) is 0. The number of esters is 1. The first-order valence-corrected chi connectivity index (χ1v) is 6.97. The highest BCUT2D eigenvalue weighted by atomic mass is 32.2. The highest BCUT2D eigenvalue weighted by Crippen LogP contribution is 2.15. The van der Waals surface area contributed by atoms with E-state index in [9.17, 15) is 9.59 Å². The molecular weight excluding hydrogens is 252 g/mol. The van der Waals surface area contributed by atoms with Gasteiger partial charge in [0, 0.05) is 12.6 Å². The minimum atomic E-state index is -0.551. The van der Waals surface area contributed by atoms with Crippen molar-refractivity contribution in [3.8, 4) is 0 Å². The lowest BCUT2D eigenvalue weighted by molar-refractivity contribution is 0.0521. The third-order valence-electron chi connectivity index (χ3n) is 2.19. The molecule has 5 nitrogen and oxygen atoms in total. The molecule has 0 aliphatic heterocycles. The standard InChI is InChI=1S/C12H16N2O3S/c1-4-6-9(15)10-8(11(16)17-5-2)7-13-12(14-10)18-3/h7H,4-6H2,1-3H3. The zero-order valence-corrected chi connectivity index (χ0v) is 11.5. The zero-order chi connectivity index (χ0) is 13.5. The van der Waals surface area contributed by atoms with Crippen LogP contribution >= 0.6 is 11.8 Å². The summed E-state index contributed by atoms with van der Waals surface area (Å²) in [6.45, 7) is 3.87. The van der Waals surface area contributed by atoms with Crippen LogP contribution in [0, 0.1) is 0 Å². The molecule has 1 aromatic heterocycles. The Balaban J connectivity index is 3.15. The molecule has 0 atom stereocenters. The van der Waals surface area contributed by atoms with Crippen LogP contribution in [0.1, 0.15) is 47.5 Å². The minimum Gasteiger partial charge on any atom is -0.462 e. The van der Waals surface area contributed by atoms with Gasteiger partial charge in [-0.15, -0.1) is 0 Å². The van der Waals surface area contributed by atoms with Gasteiger partial charge in [-0.2, -0.15) is 0 Å². The maximum Gasteiger partial charge on any atom is 0.342 e. The number of aromatic nitrogens is 2. The quantitative estimate of drug-likeness (QED) is 0.341. The lowest BCUT2D eigenvalue weighted by Crippen LogP contribution is -2.15. The van der Waals surface area contributed by atoms with Crippen LogP contribution in [-0.4, -0.2) is 34.6 Å². The van der Waals surface area contributed by atoms with Gasteiger partial charge in [0.05, 0.1) is 6.61 Å². The van der Waals surface area contributed by atoms with Gasteiger partial charge in [-0.25, -0.2) is 14.8 Å². The number of nitrogens with zero attached hydrogens (tertiary/aromatic N) is 2. The normalized spacial score (nSPS) is 10.2. The number of rotatable bonds is 6. The molecule has 0 N–H and O–H groups in total. The lowest BCUT2D eigenvalue weighted by Gasteiger charge is -2.07. The second-order valence-corrected chi connectivity index (χ2v) is 4.29. The Morgan fingerprint density at radius 1 is 1.39 bits per heavy atom. The van der Waals surface area contributed by atoms with Gasteiger partial charge >= 0.3 is 5.97 Å². The van der Waals surface area contributed by atoms with Crippen molar-refractivity contribution < 1.29 is 14.3 Å². The summed E-state index contributed by atoms with van der Waals surface area (Å²) < 4.78 is 4.89. The molecule has 6 heteroatoms. The van der Waals surface area contributed by atoms with Crippen LogP contribution in [-0.2, 0) is 4.74 Å². The number of carbonyl (C=O) groups excluding carboxylic acids is 2. The van der Waals surface area contributed by atoms with Crippen molar-refractivity contribution in [3.63, 3.8) is 0 Å². The predicted molar refractivity (Wildman–Crippen MR) is 69.0 cm³/mol. The predicted octanol–water partition coefficient (Wildman–Crippen LogP) is 2.36. The summed E-state index contributed by atoms with van der Waals surface area (Å²) in [5.74, 6) is -0.706. The Morgan fingerprint density at radius 2 is 2.11 bits per heavy atom. The van der Waals surface area contributed by atoms with E-state index in [4.69, 9.17) is 4.74 Å². The number of thioether (sulfide) groups is 1. The second-order valence-electron chi connectivity index (χ2n) is 3.51. The molecular formula is C12H16N2O3S. The van der Waals surface area contributed by atoms with Crippen molar-refractivity contribution in [3.05, 3.63) is 17.5 Å². The van der Waals surface area contributed by atoms with Crippen LogP contribution in [0.3, 0.4) is 0 Å². The van der Waals surface area contributed by atoms with E-state index in [1.54, 1.807) is 6.92 Å². The van der Waals surface area contributed by atoms with E-state index in [0.29, 0.717) is 18.0 Å². The molecule has 1 heterocycles. The summed E-state index contributed by atoms with van der Waals surface area (Å²) >= 11 is 1.33. The first kappa shape index (κ1) is 14.6. The summed E-state index contributed by atoms with van der Waals surface area (Å²) in [5, 5.41) is 0.475. The van der Waals surface area contributed by atoms with Gasteiger partial charge in [0.25, 0.3) is 0 Å². The number of hydrogen-bond donors (Lipinski definition) is 0. The van der Waals surface area contributed by atoms with E-state index in [1.807, 2.05) is 13.2 Å². The molecule has 0 aromatic carbocycles. The largest absolute Gasteiger partial charge is 0.462 e. The number of Topliss-reactive ketones (excluding diaryl/α,β-unsaturated/α-hetero) is 1. The molecule has 1 rings (SSSR count). The van der Waals surface area contributed by atoms with Gasteiger partial charge in [-0.05, 0) is 19.6 Å². The molecule has 0 bridgehead atoms. The first-order chi connectivity index (χ1) is 8.63. The molecule has 0 saturated carbocycles. The Morgan fingerprint density at radius 3 is 2.67 bits per heavy atom. The SMILES string of the molecule is CCCC(=O)c1nc(SC)ncc1C(=O)OCC. The van der Waals surface area contributed by atoms with Crippen molar-refractivity contribution in [1.82, 2.24) is 9.97 Å². The lowest BCUT2D eigenvalue weighted by atomic mass is 10.1. The maximum absolute atomic E-state index is 11.9. The van der Waals surface area contributed by atoms with Crippen LogP contribution < -0.4 is 0 Å². The van der Waals surface area contributed by atoms with E-state index in [0.717, 1.165) is 0 Å². The summed E-state index contributed by atoms with van der Waals surface area (Å²) in [6, 6.07) is 0. The number of ketones is 1. The van der Waals surface area contributed by atoms with E-state index in [2.05, 4.69) is 9.97 Å². The van der Waals surface area contributed by atoms with E-state index >= 15 is 0 Å². The third-order valence-corrected chi connectivity index (χ3v) is 2.75. The fourth-order valence-electron chi connectivity index (χ4n) is 1.38. The van der Waals surface area contributed by atoms with Crippen molar-refractivity contribution >= 4 is 23.5 Å². The monoisotopic (exact) mass is 268 g/mol. The van der Waals surface area contributed by atoms with Gasteiger partial charge in [0.1, 0.15) is 11.3 Å². The minimum absolute atomic E-state index is 0.146. The van der Waals surface area contributed by atoms with Gasteiger partial charge in [-0.3, -0.25) is 4.79 Å². The van der Waals surface area contributed by atoms with E-state index in [1.165, 1.54) is 18.0 Å². The van der Waals surface area contributed by atoms with Crippen LogP contribution in [0.15, 0.2) is 11.4 Å². The number of ether oxygens (including phenoxy) is 1. The topological polar surface area (TPSA) is 69.2 Å². The van der Waals surface area contributed by atoms with Crippen LogP contribution in [0.25, 0.3) is 0 Å². The Hall–Kier alpha value is -1.43. The number of carbonyl (C=O) groups is 2.